The SMILES string of the molecule is CCCCCCCC/C=C/CCCCCCCCCCCC1CC(=O)OC1=O. The van der Waals surface area contributed by atoms with Crippen LogP contribution in [0.2, 0.25) is 0 Å². The zero-order valence-corrected chi connectivity index (χ0v) is 18.4. The zero-order chi connectivity index (χ0) is 20.3. The molecule has 1 unspecified atom stereocenters. The number of carbonyl (C=O) groups excluding carboxylic acids is 2. The van der Waals surface area contributed by atoms with Gasteiger partial charge in [-0.15, -0.1) is 0 Å². The summed E-state index contributed by atoms with van der Waals surface area (Å²) in [6.07, 6.45) is 28.2. The molecule has 1 fully saturated rings. The number of ether oxygens (including phenoxy) is 1. The Morgan fingerprint density at radius 3 is 1.64 bits per heavy atom. The van der Waals surface area contributed by atoms with Crippen LogP contribution >= 0.6 is 0 Å². The summed E-state index contributed by atoms with van der Waals surface area (Å²) < 4.78 is 4.58. The average molecular weight is 393 g/mol. The van der Waals surface area contributed by atoms with Crippen molar-refractivity contribution < 1.29 is 14.3 Å². The quantitative estimate of drug-likeness (QED) is 0.0980. The molecule has 0 amide bonds. The van der Waals surface area contributed by atoms with Gasteiger partial charge in [0.1, 0.15) is 0 Å². The van der Waals surface area contributed by atoms with E-state index in [-0.39, 0.29) is 17.9 Å². The van der Waals surface area contributed by atoms with Gasteiger partial charge < -0.3 is 4.74 Å². The second-order valence-corrected chi connectivity index (χ2v) is 8.48. The van der Waals surface area contributed by atoms with Crippen molar-refractivity contribution in [3.63, 3.8) is 0 Å². The normalized spacial score (nSPS) is 17.0. The van der Waals surface area contributed by atoms with Gasteiger partial charge >= 0.3 is 11.9 Å². The lowest BCUT2D eigenvalue weighted by Crippen LogP contribution is -2.06. The molecular formula is C25H44O3. The van der Waals surface area contributed by atoms with Crippen LogP contribution in [0.15, 0.2) is 12.2 Å². The molecule has 0 saturated carbocycles. The third kappa shape index (κ3) is 14.0. The Labute approximate surface area is 173 Å². The molecule has 0 bridgehead atoms. The first kappa shape index (κ1) is 24.9. The van der Waals surface area contributed by atoms with Crippen molar-refractivity contribution in [2.24, 2.45) is 5.92 Å². The standard InChI is InChI=1S/C25H44O3/c1-2-3-4-5-6-7-8-9-10-11-12-13-14-15-16-17-18-19-20-21-23-22-24(26)28-25(23)27/h9-10,23H,2-8,11-22H2,1H3/b10-9+. The Morgan fingerprint density at radius 1 is 0.714 bits per heavy atom. The second-order valence-electron chi connectivity index (χ2n) is 8.48. The average Bonchev–Trinajstić information content (AvgIpc) is 3.00. The molecule has 28 heavy (non-hydrogen) atoms. The van der Waals surface area contributed by atoms with Gasteiger partial charge in [-0.1, -0.05) is 103 Å². The Hall–Kier alpha value is -1.12. The van der Waals surface area contributed by atoms with E-state index < -0.39 is 0 Å². The third-order valence-corrected chi connectivity index (χ3v) is 5.78. The molecule has 0 spiro atoms. The first-order chi connectivity index (χ1) is 13.7. The van der Waals surface area contributed by atoms with Crippen LogP contribution in [-0.4, -0.2) is 11.9 Å². The van der Waals surface area contributed by atoms with Crippen molar-refractivity contribution >= 4 is 11.9 Å². The van der Waals surface area contributed by atoms with Crippen LogP contribution in [0.5, 0.6) is 0 Å². The molecule has 0 radical (unpaired) electrons. The van der Waals surface area contributed by atoms with Gasteiger partial charge in [0.25, 0.3) is 0 Å². The minimum absolute atomic E-state index is 0.160. The predicted octanol–water partition coefficient (Wildman–Crippen LogP) is 7.67. The van der Waals surface area contributed by atoms with Crippen molar-refractivity contribution in [1.29, 1.82) is 0 Å². The molecule has 1 aliphatic rings. The summed E-state index contributed by atoms with van der Waals surface area (Å²) in [5, 5.41) is 0. The number of rotatable bonds is 19. The summed E-state index contributed by atoms with van der Waals surface area (Å²) in [5.41, 5.74) is 0. The summed E-state index contributed by atoms with van der Waals surface area (Å²) in [6.45, 7) is 2.27. The molecule has 3 heteroatoms. The number of hydrogen-bond donors (Lipinski definition) is 0. The minimum Gasteiger partial charge on any atom is -0.393 e. The van der Waals surface area contributed by atoms with Gasteiger partial charge in [0.15, 0.2) is 0 Å². The molecule has 0 aliphatic carbocycles. The fourth-order valence-corrected chi connectivity index (χ4v) is 3.91. The smallest absolute Gasteiger partial charge is 0.317 e. The van der Waals surface area contributed by atoms with E-state index in [2.05, 4.69) is 23.8 Å². The van der Waals surface area contributed by atoms with Gasteiger partial charge in [-0.3, -0.25) is 9.59 Å². The minimum atomic E-state index is -0.344. The lowest BCUT2D eigenvalue weighted by Gasteiger charge is -2.04. The molecule has 1 saturated heterocycles. The molecule has 0 N–H and O–H groups in total. The van der Waals surface area contributed by atoms with E-state index in [4.69, 9.17) is 0 Å². The maximum absolute atomic E-state index is 11.4. The highest BCUT2D eigenvalue weighted by Crippen LogP contribution is 2.22. The summed E-state index contributed by atoms with van der Waals surface area (Å²) in [5.74, 6) is -0.808. The van der Waals surface area contributed by atoms with E-state index in [1.165, 1.54) is 103 Å². The van der Waals surface area contributed by atoms with E-state index in [0.717, 1.165) is 12.8 Å². The van der Waals surface area contributed by atoms with Gasteiger partial charge in [-0.2, -0.15) is 0 Å². The van der Waals surface area contributed by atoms with E-state index in [1.807, 2.05) is 0 Å². The lowest BCUT2D eigenvalue weighted by molar-refractivity contribution is -0.153. The molecule has 162 valence electrons. The summed E-state index contributed by atoms with van der Waals surface area (Å²) >= 11 is 0. The number of carbonyl (C=O) groups is 2. The molecule has 1 heterocycles. The van der Waals surface area contributed by atoms with Crippen LogP contribution in [0.25, 0.3) is 0 Å². The second kappa shape index (κ2) is 17.9. The maximum Gasteiger partial charge on any atom is 0.317 e. The van der Waals surface area contributed by atoms with Crippen molar-refractivity contribution in [1.82, 2.24) is 0 Å². The van der Waals surface area contributed by atoms with Crippen molar-refractivity contribution in [3.05, 3.63) is 12.2 Å². The molecule has 0 aromatic carbocycles. The maximum atomic E-state index is 11.4. The van der Waals surface area contributed by atoms with Gasteiger partial charge in [0.05, 0.1) is 12.3 Å². The van der Waals surface area contributed by atoms with Crippen LogP contribution < -0.4 is 0 Å². The Kier molecular flexibility index (Phi) is 16.0. The highest BCUT2D eigenvalue weighted by molar-refractivity contribution is 5.94. The highest BCUT2D eigenvalue weighted by atomic mass is 16.6. The zero-order valence-electron chi connectivity index (χ0n) is 18.4. The number of esters is 2. The van der Waals surface area contributed by atoms with Gasteiger partial charge in [-0.25, -0.2) is 0 Å². The Balaban J connectivity index is 1.73. The summed E-state index contributed by atoms with van der Waals surface area (Å²) in [4.78, 5) is 22.4. The number of hydrogen-bond acceptors (Lipinski definition) is 3. The van der Waals surface area contributed by atoms with Crippen LogP contribution in [0, 0.1) is 5.92 Å². The molecule has 0 aromatic heterocycles. The number of unbranched alkanes of at least 4 members (excludes halogenated alkanes) is 15. The van der Waals surface area contributed by atoms with Crippen molar-refractivity contribution in [2.45, 2.75) is 129 Å². The molecule has 1 aliphatic heterocycles. The number of cyclic esters (lactones) is 2. The van der Waals surface area contributed by atoms with Gasteiger partial charge in [0.2, 0.25) is 0 Å². The first-order valence-corrected chi connectivity index (χ1v) is 12.1. The van der Waals surface area contributed by atoms with E-state index in [0.29, 0.717) is 6.42 Å². The molecule has 1 atom stereocenters. The summed E-state index contributed by atoms with van der Waals surface area (Å²) in [7, 11) is 0. The van der Waals surface area contributed by atoms with Crippen LogP contribution in [0.3, 0.4) is 0 Å². The van der Waals surface area contributed by atoms with Crippen LogP contribution in [0.1, 0.15) is 129 Å². The summed E-state index contributed by atoms with van der Waals surface area (Å²) in [6, 6.07) is 0. The number of allylic oxidation sites excluding steroid dienone is 2. The van der Waals surface area contributed by atoms with E-state index >= 15 is 0 Å². The lowest BCUT2D eigenvalue weighted by atomic mass is 9.99. The monoisotopic (exact) mass is 392 g/mol. The molecule has 3 nitrogen and oxygen atoms in total. The first-order valence-electron chi connectivity index (χ1n) is 12.1. The fourth-order valence-electron chi connectivity index (χ4n) is 3.91. The largest absolute Gasteiger partial charge is 0.393 e. The van der Waals surface area contributed by atoms with Gasteiger partial charge in [-0.05, 0) is 32.1 Å². The van der Waals surface area contributed by atoms with Crippen molar-refractivity contribution in [3.8, 4) is 0 Å². The Morgan fingerprint density at radius 2 is 1.18 bits per heavy atom. The molecule has 0 aromatic rings. The van der Waals surface area contributed by atoms with Crippen molar-refractivity contribution in [2.75, 3.05) is 0 Å². The molecule has 1 rings (SSSR count). The molecular weight excluding hydrogens is 348 g/mol. The van der Waals surface area contributed by atoms with E-state index in [1.54, 1.807) is 0 Å². The van der Waals surface area contributed by atoms with Crippen LogP contribution in [0.4, 0.5) is 0 Å². The topological polar surface area (TPSA) is 43.4 Å². The predicted molar refractivity (Wildman–Crippen MR) is 117 cm³/mol. The highest BCUT2D eigenvalue weighted by Gasteiger charge is 2.32. The van der Waals surface area contributed by atoms with E-state index in [9.17, 15) is 9.59 Å². The Bertz CT molecular complexity index is 428. The van der Waals surface area contributed by atoms with Crippen LogP contribution in [-0.2, 0) is 14.3 Å². The van der Waals surface area contributed by atoms with Gasteiger partial charge in [0, 0.05) is 0 Å². The fraction of sp³-hybridized carbons (Fsp3) is 0.840. The third-order valence-electron chi connectivity index (χ3n) is 5.78.